The average molecular weight is 235 g/mol. The maximum atomic E-state index is 6.07. The van der Waals surface area contributed by atoms with E-state index in [1.807, 2.05) is 6.07 Å². The predicted molar refractivity (Wildman–Crippen MR) is 68.4 cm³/mol. The molecule has 1 unspecified atom stereocenters. The zero-order valence-corrected chi connectivity index (χ0v) is 9.93. The highest BCUT2D eigenvalue weighted by atomic mass is 32.2. The van der Waals surface area contributed by atoms with Crippen molar-refractivity contribution in [2.75, 3.05) is 5.75 Å². The molecule has 1 atom stereocenters. The lowest BCUT2D eigenvalue weighted by molar-refractivity contribution is 0.836. The molecule has 78 valence electrons. The SMILES string of the molecule is NC(CSc1ccccc1)c1ccsc1. The van der Waals surface area contributed by atoms with Crippen LogP contribution in [0.4, 0.5) is 0 Å². The fourth-order valence-electron chi connectivity index (χ4n) is 1.28. The van der Waals surface area contributed by atoms with Gasteiger partial charge in [-0.3, -0.25) is 0 Å². The first-order valence-corrected chi connectivity index (χ1v) is 6.74. The molecule has 15 heavy (non-hydrogen) atoms. The summed E-state index contributed by atoms with van der Waals surface area (Å²) >= 11 is 3.51. The molecule has 0 aliphatic carbocycles. The molecule has 0 fully saturated rings. The molecule has 0 amide bonds. The van der Waals surface area contributed by atoms with Gasteiger partial charge in [0.15, 0.2) is 0 Å². The van der Waals surface area contributed by atoms with Crippen LogP contribution in [0.25, 0.3) is 0 Å². The van der Waals surface area contributed by atoms with Gasteiger partial charge in [0.25, 0.3) is 0 Å². The van der Waals surface area contributed by atoms with Crippen molar-refractivity contribution in [2.45, 2.75) is 10.9 Å². The van der Waals surface area contributed by atoms with Crippen LogP contribution in [0.3, 0.4) is 0 Å². The molecule has 2 N–H and O–H groups in total. The van der Waals surface area contributed by atoms with E-state index < -0.39 is 0 Å². The fraction of sp³-hybridized carbons (Fsp3) is 0.167. The molecule has 1 aromatic carbocycles. The molecule has 0 aliphatic rings. The molecule has 0 saturated heterocycles. The Morgan fingerprint density at radius 2 is 2.00 bits per heavy atom. The molecule has 0 spiro atoms. The molecule has 0 saturated carbocycles. The fourth-order valence-corrected chi connectivity index (χ4v) is 2.92. The number of nitrogens with two attached hydrogens (primary N) is 1. The molecule has 0 bridgehead atoms. The lowest BCUT2D eigenvalue weighted by Gasteiger charge is -2.08. The van der Waals surface area contributed by atoms with E-state index in [-0.39, 0.29) is 6.04 Å². The Bertz CT molecular complexity index is 383. The number of rotatable bonds is 4. The van der Waals surface area contributed by atoms with Gasteiger partial charge in [-0.05, 0) is 34.5 Å². The highest BCUT2D eigenvalue weighted by Gasteiger charge is 2.06. The Hall–Kier alpha value is -0.770. The highest BCUT2D eigenvalue weighted by molar-refractivity contribution is 7.99. The quantitative estimate of drug-likeness (QED) is 0.820. The zero-order valence-electron chi connectivity index (χ0n) is 8.30. The van der Waals surface area contributed by atoms with E-state index in [0.29, 0.717) is 0 Å². The van der Waals surface area contributed by atoms with Gasteiger partial charge >= 0.3 is 0 Å². The Kier molecular flexibility index (Phi) is 3.83. The molecule has 0 radical (unpaired) electrons. The minimum Gasteiger partial charge on any atom is -0.323 e. The lowest BCUT2D eigenvalue weighted by atomic mass is 10.2. The van der Waals surface area contributed by atoms with E-state index in [1.54, 1.807) is 23.1 Å². The summed E-state index contributed by atoms with van der Waals surface area (Å²) in [4.78, 5) is 1.28. The molecular formula is C12H13NS2. The van der Waals surface area contributed by atoms with Gasteiger partial charge in [-0.2, -0.15) is 11.3 Å². The Morgan fingerprint density at radius 3 is 2.67 bits per heavy atom. The number of benzene rings is 1. The Balaban J connectivity index is 1.89. The Labute approximate surface area is 98.3 Å². The van der Waals surface area contributed by atoms with Crippen LogP contribution in [0.1, 0.15) is 11.6 Å². The smallest absolute Gasteiger partial charge is 0.0398 e. The molecule has 3 heteroatoms. The summed E-state index contributed by atoms with van der Waals surface area (Å²) in [6.45, 7) is 0. The first kappa shape index (κ1) is 10.7. The third-order valence-electron chi connectivity index (χ3n) is 2.14. The number of hydrogen-bond acceptors (Lipinski definition) is 3. The van der Waals surface area contributed by atoms with Crippen LogP contribution in [-0.4, -0.2) is 5.75 Å². The first-order chi connectivity index (χ1) is 7.36. The number of thiophene rings is 1. The van der Waals surface area contributed by atoms with E-state index in [4.69, 9.17) is 5.73 Å². The van der Waals surface area contributed by atoms with Crippen molar-refractivity contribution in [2.24, 2.45) is 5.73 Å². The van der Waals surface area contributed by atoms with Gasteiger partial charge in [-0.1, -0.05) is 18.2 Å². The number of hydrogen-bond donors (Lipinski definition) is 1. The summed E-state index contributed by atoms with van der Waals surface area (Å²) < 4.78 is 0. The second-order valence-electron chi connectivity index (χ2n) is 3.29. The topological polar surface area (TPSA) is 26.0 Å². The lowest BCUT2D eigenvalue weighted by Crippen LogP contribution is -2.11. The molecule has 2 rings (SSSR count). The van der Waals surface area contributed by atoms with Crippen LogP contribution in [0.2, 0.25) is 0 Å². The Morgan fingerprint density at radius 1 is 1.20 bits per heavy atom. The standard InChI is InChI=1S/C12H13NS2/c13-12(10-6-7-14-8-10)9-15-11-4-2-1-3-5-11/h1-8,12H,9,13H2. The molecule has 0 aliphatic heterocycles. The van der Waals surface area contributed by atoms with E-state index in [0.717, 1.165) is 5.75 Å². The van der Waals surface area contributed by atoms with E-state index in [1.165, 1.54) is 10.5 Å². The minimum atomic E-state index is 0.140. The number of thioether (sulfide) groups is 1. The van der Waals surface area contributed by atoms with Crippen LogP contribution in [0.15, 0.2) is 52.1 Å². The molecule has 1 nitrogen and oxygen atoms in total. The third-order valence-corrected chi connectivity index (χ3v) is 3.98. The van der Waals surface area contributed by atoms with Crippen molar-refractivity contribution in [3.05, 3.63) is 52.7 Å². The van der Waals surface area contributed by atoms with Crippen LogP contribution in [0, 0.1) is 0 Å². The van der Waals surface area contributed by atoms with Crippen molar-refractivity contribution in [1.29, 1.82) is 0 Å². The second kappa shape index (κ2) is 5.35. The van der Waals surface area contributed by atoms with Gasteiger partial charge < -0.3 is 5.73 Å². The van der Waals surface area contributed by atoms with Gasteiger partial charge in [0.1, 0.15) is 0 Å². The van der Waals surface area contributed by atoms with Gasteiger partial charge in [0, 0.05) is 16.7 Å². The summed E-state index contributed by atoms with van der Waals surface area (Å²) in [5, 5.41) is 4.19. The predicted octanol–water partition coefficient (Wildman–Crippen LogP) is 3.54. The van der Waals surface area contributed by atoms with Crippen molar-refractivity contribution in [3.8, 4) is 0 Å². The van der Waals surface area contributed by atoms with Crippen LogP contribution in [-0.2, 0) is 0 Å². The monoisotopic (exact) mass is 235 g/mol. The molecule has 1 heterocycles. The molecule has 1 aromatic heterocycles. The van der Waals surface area contributed by atoms with Crippen LogP contribution >= 0.6 is 23.1 Å². The van der Waals surface area contributed by atoms with E-state index in [9.17, 15) is 0 Å². The van der Waals surface area contributed by atoms with Crippen LogP contribution < -0.4 is 5.73 Å². The van der Waals surface area contributed by atoms with E-state index in [2.05, 4.69) is 41.1 Å². The van der Waals surface area contributed by atoms with Gasteiger partial charge in [0.2, 0.25) is 0 Å². The van der Waals surface area contributed by atoms with Crippen molar-refractivity contribution >= 4 is 23.1 Å². The first-order valence-electron chi connectivity index (χ1n) is 4.82. The summed E-state index contributed by atoms with van der Waals surface area (Å²) in [5.74, 6) is 0.931. The normalized spacial score (nSPS) is 12.6. The maximum absolute atomic E-state index is 6.07. The van der Waals surface area contributed by atoms with E-state index >= 15 is 0 Å². The third kappa shape index (κ3) is 3.09. The summed E-state index contributed by atoms with van der Waals surface area (Å²) in [5.41, 5.74) is 7.31. The van der Waals surface area contributed by atoms with Gasteiger partial charge in [0.05, 0.1) is 0 Å². The van der Waals surface area contributed by atoms with Gasteiger partial charge in [-0.25, -0.2) is 0 Å². The zero-order chi connectivity index (χ0) is 10.5. The van der Waals surface area contributed by atoms with Crippen LogP contribution in [0.5, 0.6) is 0 Å². The molecular weight excluding hydrogens is 222 g/mol. The average Bonchev–Trinajstić information content (AvgIpc) is 2.81. The largest absolute Gasteiger partial charge is 0.323 e. The summed E-state index contributed by atoms with van der Waals surface area (Å²) in [6, 6.07) is 12.6. The van der Waals surface area contributed by atoms with Crippen molar-refractivity contribution in [3.63, 3.8) is 0 Å². The minimum absolute atomic E-state index is 0.140. The van der Waals surface area contributed by atoms with Crippen molar-refractivity contribution in [1.82, 2.24) is 0 Å². The van der Waals surface area contributed by atoms with Crippen molar-refractivity contribution < 1.29 is 0 Å². The summed E-state index contributed by atoms with van der Waals surface area (Å²) in [7, 11) is 0. The highest BCUT2D eigenvalue weighted by Crippen LogP contribution is 2.23. The second-order valence-corrected chi connectivity index (χ2v) is 5.16. The summed E-state index contributed by atoms with van der Waals surface area (Å²) in [6.07, 6.45) is 0. The van der Waals surface area contributed by atoms with Gasteiger partial charge in [-0.15, -0.1) is 11.8 Å². The maximum Gasteiger partial charge on any atom is 0.0398 e. The molecule has 2 aromatic rings.